The molecule has 1 N–H and O–H groups in total. The molecule has 1 fully saturated rings. The van der Waals surface area contributed by atoms with Crippen LogP contribution in [0.2, 0.25) is 0 Å². The van der Waals surface area contributed by atoms with E-state index in [0.29, 0.717) is 11.3 Å². The first kappa shape index (κ1) is 21.3. The summed E-state index contributed by atoms with van der Waals surface area (Å²) in [5.41, 5.74) is 1.62. The van der Waals surface area contributed by atoms with Crippen LogP contribution in [0.4, 0.5) is 5.69 Å². The minimum Gasteiger partial charge on any atom is -0.336 e. The monoisotopic (exact) mass is 437 g/mol. The number of rotatable bonds is 5. The zero-order chi connectivity index (χ0) is 21.2. The Hall–Kier alpha value is -2.43. The smallest absolute Gasteiger partial charge is 0.254 e. The van der Waals surface area contributed by atoms with E-state index in [1.807, 2.05) is 6.92 Å². The molecular formula is C19H23N3O5S2. The Balaban J connectivity index is 1.68. The third-order valence-corrected chi connectivity index (χ3v) is 7.12. The highest BCUT2D eigenvalue weighted by Crippen LogP contribution is 2.20. The maximum Gasteiger partial charge on any atom is 0.254 e. The number of hydrogen-bond donors (Lipinski definition) is 1. The summed E-state index contributed by atoms with van der Waals surface area (Å²) in [6, 6.07) is 12.9. The highest BCUT2D eigenvalue weighted by molar-refractivity contribution is 7.92. The molecule has 2 aromatic carbocycles. The fourth-order valence-corrected chi connectivity index (χ4v) is 5.08. The molecule has 1 aliphatic heterocycles. The Morgan fingerprint density at radius 1 is 0.931 bits per heavy atom. The molecule has 10 heteroatoms. The van der Waals surface area contributed by atoms with Crippen LogP contribution < -0.4 is 4.72 Å². The van der Waals surface area contributed by atoms with Gasteiger partial charge in [-0.2, -0.15) is 4.31 Å². The summed E-state index contributed by atoms with van der Waals surface area (Å²) < 4.78 is 52.0. The largest absolute Gasteiger partial charge is 0.336 e. The van der Waals surface area contributed by atoms with Crippen molar-refractivity contribution >= 4 is 31.6 Å². The van der Waals surface area contributed by atoms with Gasteiger partial charge in [0.15, 0.2) is 0 Å². The van der Waals surface area contributed by atoms with Gasteiger partial charge in [-0.1, -0.05) is 23.8 Å². The predicted octanol–water partition coefficient (Wildman–Crippen LogP) is 1.51. The van der Waals surface area contributed by atoms with Crippen LogP contribution in [0.3, 0.4) is 0 Å². The summed E-state index contributed by atoms with van der Waals surface area (Å²) in [6.07, 6.45) is 1.04. The first-order chi connectivity index (χ1) is 13.6. The lowest BCUT2D eigenvalue weighted by Gasteiger charge is -2.34. The van der Waals surface area contributed by atoms with Crippen LogP contribution in [0.25, 0.3) is 0 Å². The molecule has 0 atom stereocenters. The number of aryl methyl sites for hydroxylation is 1. The summed E-state index contributed by atoms with van der Waals surface area (Å²) in [4.78, 5) is 14.6. The molecule has 0 radical (unpaired) electrons. The average Bonchev–Trinajstić information content (AvgIpc) is 2.67. The second-order valence-electron chi connectivity index (χ2n) is 6.96. The van der Waals surface area contributed by atoms with E-state index in [9.17, 15) is 21.6 Å². The molecule has 0 spiro atoms. The summed E-state index contributed by atoms with van der Waals surface area (Å²) in [7, 11) is -7.05. The zero-order valence-electron chi connectivity index (χ0n) is 16.2. The first-order valence-electron chi connectivity index (χ1n) is 9.00. The second kappa shape index (κ2) is 8.13. The van der Waals surface area contributed by atoms with E-state index in [1.54, 1.807) is 47.4 Å². The molecule has 3 rings (SSSR count). The van der Waals surface area contributed by atoms with Crippen molar-refractivity contribution in [3.8, 4) is 0 Å². The summed E-state index contributed by atoms with van der Waals surface area (Å²) in [5, 5.41) is 0. The van der Waals surface area contributed by atoms with E-state index >= 15 is 0 Å². The van der Waals surface area contributed by atoms with Gasteiger partial charge in [-0.15, -0.1) is 0 Å². The summed E-state index contributed by atoms with van der Waals surface area (Å²) in [5.74, 6) is -0.269. The maximum absolute atomic E-state index is 12.8. The van der Waals surface area contributed by atoms with Crippen molar-refractivity contribution in [2.24, 2.45) is 0 Å². The number of carbonyl (C=O) groups excluding carboxylic acids is 1. The van der Waals surface area contributed by atoms with Gasteiger partial charge in [0.1, 0.15) is 0 Å². The maximum atomic E-state index is 12.8. The zero-order valence-corrected chi connectivity index (χ0v) is 17.8. The molecule has 0 aliphatic carbocycles. The lowest BCUT2D eigenvalue weighted by molar-refractivity contribution is 0.0698. The SMILES string of the molecule is Cc1ccc(S(=O)(=O)N2CCN(C(=O)c3cccc(NS(C)(=O)=O)c3)CC2)cc1. The molecular weight excluding hydrogens is 414 g/mol. The van der Waals surface area contributed by atoms with E-state index < -0.39 is 20.0 Å². The Morgan fingerprint density at radius 2 is 1.55 bits per heavy atom. The average molecular weight is 438 g/mol. The summed E-state index contributed by atoms with van der Waals surface area (Å²) in [6.45, 7) is 2.80. The molecule has 0 bridgehead atoms. The molecule has 29 heavy (non-hydrogen) atoms. The lowest BCUT2D eigenvalue weighted by Crippen LogP contribution is -2.50. The van der Waals surface area contributed by atoms with Gasteiger partial charge >= 0.3 is 0 Å². The molecule has 1 saturated heterocycles. The number of piperazine rings is 1. The van der Waals surface area contributed by atoms with Gasteiger partial charge in [-0.05, 0) is 37.3 Å². The lowest BCUT2D eigenvalue weighted by atomic mass is 10.1. The van der Waals surface area contributed by atoms with Crippen molar-refractivity contribution in [3.63, 3.8) is 0 Å². The number of nitrogens with zero attached hydrogens (tertiary/aromatic N) is 2. The van der Waals surface area contributed by atoms with E-state index in [-0.39, 0.29) is 37.0 Å². The van der Waals surface area contributed by atoms with Crippen LogP contribution in [-0.4, -0.2) is 64.4 Å². The van der Waals surface area contributed by atoms with Crippen molar-refractivity contribution in [2.45, 2.75) is 11.8 Å². The topological polar surface area (TPSA) is 104 Å². The molecule has 0 aromatic heterocycles. The molecule has 1 aliphatic rings. The van der Waals surface area contributed by atoms with Crippen molar-refractivity contribution in [1.82, 2.24) is 9.21 Å². The van der Waals surface area contributed by atoms with Crippen LogP contribution in [0, 0.1) is 6.92 Å². The van der Waals surface area contributed by atoms with E-state index in [4.69, 9.17) is 0 Å². The molecule has 1 amide bonds. The van der Waals surface area contributed by atoms with E-state index in [1.165, 1.54) is 10.4 Å². The highest BCUT2D eigenvalue weighted by Gasteiger charge is 2.30. The van der Waals surface area contributed by atoms with Gasteiger partial charge in [0.2, 0.25) is 20.0 Å². The highest BCUT2D eigenvalue weighted by atomic mass is 32.2. The van der Waals surface area contributed by atoms with Crippen LogP contribution >= 0.6 is 0 Å². The Bertz CT molecular complexity index is 1100. The number of nitrogens with one attached hydrogen (secondary N) is 1. The fourth-order valence-electron chi connectivity index (χ4n) is 3.10. The number of sulfonamides is 2. The number of carbonyl (C=O) groups is 1. The molecule has 8 nitrogen and oxygen atoms in total. The predicted molar refractivity (Wildman–Crippen MR) is 111 cm³/mol. The van der Waals surface area contributed by atoms with Crippen molar-refractivity contribution < 1.29 is 21.6 Å². The van der Waals surface area contributed by atoms with Crippen LogP contribution in [0.5, 0.6) is 0 Å². The van der Waals surface area contributed by atoms with Crippen molar-refractivity contribution in [2.75, 3.05) is 37.2 Å². The third-order valence-electron chi connectivity index (χ3n) is 4.60. The number of amides is 1. The van der Waals surface area contributed by atoms with Crippen molar-refractivity contribution in [1.29, 1.82) is 0 Å². The minimum absolute atomic E-state index is 0.198. The van der Waals surface area contributed by atoms with Gasteiger partial charge in [-0.3, -0.25) is 9.52 Å². The quantitative estimate of drug-likeness (QED) is 0.764. The van der Waals surface area contributed by atoms with Gasteiger partial charge in [-0.25, -0.2) is 16.8 Å². The number of hydrogen-bond acceptors (Lipinski definition) is 5. The third kappa shape index (κ3) is 5.14. The molecule has 0 saturated carbocycles. The van der Waals surface area contributed by atoms with Crippen LogP contribution in [-0.2, 0) is 20.0 Å². The molecule has 156 valence electrons. The van der Waals surface area contributed by atoms with E-state index in [2.05, 4.69) is 4.72 Å². The molecule has 1 heterocycles. The van der Waals surface area contributed by atoms with Crippen molar-refractivity contribution in [3.05, 3.63) is 59.7 Å². The standard InChI is InChI=1S/C19H23N3O5S2/c1-15-6-8-18(9-7-15)29(26,27)22-12-10-21(11-13-22)19(23)16-4-3-5-17(14-16)20-28(2,24)25/h3-9,14,20H,10-13H2,1-2H3. The van der Waals surface area contributed by atoms with Gasteiger partial charge in [0.25, 0.3) is 5.91 Å². The Labute approximate surface area is 171 Å². The normalized spacial score (nSPS) is 15.9. The number of anilines is 1. The second-order valence-corrected chi connectivity index (χ2v) is 10.7. The first-order valence-corrected chi connectivity index (χ1v) is 12.3. The van der Waals surface area contributed by atoms with Crippen LogP contribution in [0.1, 0.15) is 15.9 Å². The Kier molecular flexibility index (Phi) is 5.97. The van der Waals surface area contributed by atoms with E-state index in [0.717, 1.165) is 11.8 Å². The van der Waals surface area contributed by atoms with Gasteiger partial charge in [0, 0.05) is 37.4 Å². The fraction of sp³-hybridized carbons (Fsp3) is 0.316. The van der Waals surface area contributed by atoms with Crippen LogP contribution in [0.15, 0.2) is 53.4 Å². The van der Waals surface area contributed by atoms with Gasteiger partial charge < -0.3 is 4.90 Å². The molecule has 0 unspecified atom stereocenters. The van der Waals surface area contributed by atoms with Gasteiger partial charge in [0.05, 0.1) is 11.2 Å². The Morgan fingerprint density at radius 3 is 2.14 bits per heavy atom. The minimum atomic E-state index is -3.60. The summed E-state index contributed by atoms with van der Waals surface area (Å²) >= 11 is 0. The molecule has 2 aromatic rings. The number of benzene rings is 2.